The Kier molecular flexibility index (Phi) is 7.21. The first-order valence-electron chi connectivity index (χ1n) is 11.9. The molecular weight excluding hydrogens is 478 g/mol. The molecule has 1 aliphatic heterocycles. The monoisotopic (exact) mass is 509 g/mol. The molecule has 12 heteroatoms. The zero-order chi connectivity index (χ0) is 26.9. The molecule has 4 heterocycles. The first-order chi connectivity index (χ1) is 17.6. The fourth-order valence-corrected chi connectivity index (χ4v) is 3.93. The number of hydrogen-bond donors (Lipinski definition) is 3. The van der Waals surface area contributed by atoms with E-state index in [9.17, 15) is 19.2 Å². The molecule has 1 unspecified atom stereocenters. The van der Waals surface area contributed by atoms with Crippen molar-refractivity contribution < 1.29 is 23.9 Å². The molecule has 0 bridgehead atoms. The van der Waals surface area contributed by atoms with Crippen LogP contribution in [0.5, 0.6) is 0 Å². The van der Waals surface area contributed by atoms with Gasteiger partial charge in [0.25, 0.3) is 23.6 Å². The summed E-state index contributed by atoms with van der Waals surface area (Å²) in [7, 11) is 6.77. The lowest BCUT2D eigenvalue weighted by Crippen LogP contribution is -2.30. The van der Waals surface area contributed by atoms with Crippen LogP contribution < -0.4 is 20.9 Å². The number of carbonyl (C=O) groups excluding carboxylic acids is 4. The van der Waals surface area contributed by atoms with Crippen LogP contribution in [0.3, 0.4) is 0 Å². The zero-order valence-electron chi connectivity index (χ0n) is 21.5. The highest BCUT2D eigenvalue weighted by atomic mass is 16.6. The van der Waals surface area contributed by atoms with Crippen LogP contribution in [0.4, 0.5) is 17.1 Å². The van der Waals surface area contributed by atoms with E-state index in [2.05, 4.69) is 16.0 Å². The molecule has 1 fully saturated rings. The molecule has 37 heavy (non-hydrogen) atoms. The Balaban J connectivity index is 1.42. The third-order valence-corrected chi connectivity index (χ3v) is 6.08. The maximum Gasteiger partial charge on any atom is 0.272 e. The van der Waals surface area contributed by atoms with Crippen LogP contribution in [0.1, 0.15) is 44.8 Å². The predicted molar refractivity (Wildman–Crippen MR) is 138 cm³/mol. The topological polar surface area (TPSA) is 135 Å². The summed E-state index contributed by atoms with van der Waals surface area (Å²) in [4.78, 5) is 51.8. The van der Waals surface area contributed by atoms with Gasteiger partial charge in [0, 0.05) is 53.3 Å². The normalized spacial score (nSPS) is 14.2. The van der Waals surface area contributed by atoms with Crippen molar-refractivity contribution in [1.29, 1.82) is 0 Å². The van der Waals surface area contributed by atoms with Gasteiger partial charge < -0.3 is 39.3 Å². The quantitative estimate of drug-likeness (QED) is 0.378. The van der Waals surface area contributed by atoms with Crippen LogP contribution in [0.15, 0.2) is 36.8 Å². The fraction of sp³-hybridized carbons (Fsp3) is 0.360. The summed E-state index contributed by atoms with van der Waals surface area (Å²) >= 11 is 0. The first-order valence-corrected chi connectivity index (χ1v) is 11.9. The van der Waals surface area contributed by atoms with Gasteiger partial charge in [0.05, 0.1) is 23.7 Å². The van der Waals surface area contributed by atoms with Gasteiger partial charge in [0.2, 0.25) is 0 Å². The Hall–Kier alpha value is -4.32. The highest BCUT2D eigenvalue weighted by molar-refractivity contribution is 6.08. The van der Waals surface area contributed by atoms with Crippen LogP contribution in [0.2, 0.25) is 0 Å². The Morgan fingerprint density at radius 1 is 0.865 bits per heavy atom. The number of nitrogens with one attached hydrogen (secondary N) is 3. The fourth-order valence-electron chi connectivity index (χ4n) is 3.93. The number of aryl methyl sites for hydroxylation is 3. The van der Waals surface area contributed by atoms with Crippen LogP contribution in [0.25, 0.3) is 0 Å². The van der Waals surface area contributed by atoms with E-state index in [4.69, 9.17) is 4.74 Å². The summed E-state index contributed by atoms with van der Waals surface area (Å²) in [6.45, 7) is 2.95. The minimum Gasteiger partial charge on any atom is -0.363 e. The van der Waals surface area contributed by atoms with Gasteiger partial charge in [-0.05, 0) is 24.6 Å². The average molecular weight is 510 g/mol. The molecule has 3 N–H and O–H groups in total. The van der Waals surface area contributed by atoms with E-state index in [1.807, 2.05) is 6.92 Å². The number of ether oxygens (including phenoxy) is 1. The number of likely N-dealkylation sites (N-methyl/N-ethyl adjacent to an activating group) is 1. The van der Waals surface area contributed by atoms with Crippen molar-refractivity contribution >= 4 is 40.7 Å². The maximum atomic E-state index is 12.9. The molecular formula is C25H31N7O5. The lowest BCUT2D eigenvalue weighted by molar-refractivity contribution is -0.119. The largest absolute Gasteiger partial charge is 0.363 e. The van der Waals surface area contributed by atoms with Gasteiger partial charge in [-0.3, -0.25) is 19.2 Å². The van der Waals surface area contributed by atoms with Gasteiger partial charge in [-0.2, -0.15) is 0 Å². The van der Waals surface area contributed by atoms with E-state index >= 15 is 0 Å². The predicted octanol–water partition coefficient (Wildman–Crippen LogP) is 1.71. The smallest absolute Gasteiger partial charge is 0.272 e. The van der Waals surface area contributed by atoms with Crippen molar-refractivity contribution in [1.82, 2.24) is 19.0 Å². The van der Waals surface area contributed by atoms with Crippen LogP contribution >= 0.6 is 0 Å². The van der Waals surface area contributed by atoms with E-state index in [-0.39, 0.29) is 17.7 Å². The van der Waals surface area contributed by atoms with Gasteiger partial charge in [0.1, 0.15) is 17.1 Å². The van der Waals surface area contributed by atoms with Crippen molar-refractivity contribution in [2.45, 2.75) is 19.4 Å². The second kappa shape index (κ2) is 10.3. The Bertz CT molecular complexity index is 1360. The SMILES string of the molecule is CCCNC(=O)c1cc(NC(=O)c2cc(NC(=O)c3cc(N(C)C(=O)C4CO4)cn3C)cn2C)cn1C. The van der Waals surface area contributed by atoms with E-state index in [1.165, 1.54) is 4.90 Å². The van der Waals surface area contributed by atoms with Gasteiger partial charge in [-0.25, -0.2) is 0 Å². The van der Waals surface area contributed by atoms with E-state index < -0.39 is 12.0 Å². The summed E-state index contributed by atoms with van der Waals surface area (Å²) < 4.78 is 9.92. The zero-order valence-corrected chi connectivity index (χ0v) is 21.5. The summed E-state index contributed by atoms with van der Waals surface area (Å²) in [6, 6.07) is 4.80. The van der Waals surface area contributed by atoms with Gasteiger partial charge >= 0.3 is 0 Å². The molecule has 3 aromatic heterocycles. The number of nitrogens with zero attached hydrogens (tertiary/aromatic N) is 4. The van der Waals surface area contributed by atoms with Gasteiger partial charge in [-0.15, -0.1) is 0 Å². The molecule has 0 aromatic carbocycles. The van der Waals surface area contributed by atoms with E-state index in [0.29, 0.717) is 47.3 Å². The second-order valence-corrected chi connectivity index (χ2v) is 9.03. The third-order valence-electron chi connectivity index (χ3n) is 6.08. The highest BCUT2D eigenvalue weighted by Gasteiger charge is 2.34. The van der Waals surface area contributed by atoms with Crippen molar-refractivity contribution in [2.75, 3.05) is 35.7 Å². The lowest BCUT2D eigenvalue weighted by Gasteiger charge is -2.13. The Morgan fingerprint density at radius 3 is 1.86 bits per heavy atom. The van der Waals surface area contributed by atoms with Crippen molar-refractivity contribution in [3.05, 3.63) is 53.9 Å². The average Bonchev–Trinajstić information content (AvgIpc) is 3.39. The maximum absolute atomic E-state index is 12.9. The molecule has 3 aromatic rings. The molecule has 196 valence electrons. The molecule has 0 aliphatic carbocycles. The first kappa shape index (κ1) is 25.8. The minimum atomic E-state index is -0.419. The van der Waals surface area contributed by atoms with Crippen molar-refractivity contribution in [2.24, 2.45) is 21.1 Å². The molecule has 4 rings (SSSR count). The minimum absolute atomic E-state index is 0.164. The second-order valence-electron chi connectivity index (χ2n) is 9.03. The summed E-state index contributed by atoms with van der Waals surface area (Å²) in [6.07, 6.45) is 5.39. The number of rotatable bonds is 9. The molecule has 4 amide bonds. The summed E-state index contributed by atoms with van der Waals surface area (Å²) in [5.41, 5.74) is 2.59. The number of amides is 4. The number of anilines is 3. The van der Waals surface area contributed by atoms with Crippen LogP contribution in [-0.2, 0) is 30.7 Å². The number of carbonyl (C=O) groups is 4. The Morgan fingerprint density at radius 2 is 1.35 bits per heavy atom. The van der Waals surface area contributed by atoms with Crippen LogP contribution in [0, 0.1) is 0 Å². The molecule has 1 aliphatic rings. The summed E-state index contributed by atoms with van der Waals surface area (Å²) in [5, 5.41) is 8.40. The van der Waals surface area contributed by atoms with E-state index in [0.717, 1.165) is 6.42 Å². The van der Waals surface area contributed by atoms with Crippen molar-refractivity contribution in [3.8, 4) is 0 Å². The number of aromatic nitrogens is 3. The molecule has 1 atom stereocenters. The Labute approximate surface area is 214 Å². The highest BCUT2D eigenvalue weighted by Crippen LogP contribution is 2.23. The molecule has 0 spiro atoms. The summed E-state index contributed by atoms with van der Waals surface area (Å²) in [5.74, 6) is -1.16. The lowest BCUT2D eigenvalue weighted by atomic mass is 10.3. The van der Waals surface area contributed by atoms with Gasteiger partial charge in [0.15, 0.2) is 6.10 Å². The van der Waals surface area contributed by atoms with E-state index in [1.54, 1.807) is 78.7 Å². The van der Waals surface area contributed by atoms with Gasteiger partial charge in [-0.1, -0.05) is 6.92 Å². The molecule has 0 saturated carbocycles. The number of epoxide rings is 1. The van der Waals surface area contributed by atoms with Crippen LogP contribution in [-0.4, -0.2) is 63.6 Å². The third kappa shape index (κ3) is 5.59. The number of hydrogen-bond acceptors (Lipinski definition) is 5. The molecule has 0 radical (unpaired) electrons. The molecule has 1 saturated heterocycles. The standard InChI is InChI=1S/C25H31N7O5/c1-6-7-26-22(33)18-8-15(11-29(18)2)27-23(34)19-9-16(12-30(19)3)28-24(35)20-10-17(13-31(20)4)32(5)25(36)21-14-37-21/h8-13,21H,6-7,14H2,1-5H3,(H,26,33)(H,27,34)(H,28,35). The van der Waals surface area contributed by atoms with Crippen molar-refractivity contribution in [3.63, 3.8) is 0 Å². The molecule has 12 nitrogen and oxygen atoms in total.